The molecule has 0 saturated carbocycles. The maximum absolute atomic E-state index is 12.4. The highest BCUT2D eigenvalue weighted by Gasteiger charge is 2.27. The summed E-state index contributed by atoms with van der Waals surface area (Å²) in [5, 5.41) is 14.5. The van der Waals surface area contributed by atoms with E-state index >= 15 is 0 Å². The number of aromatic nitrogens is 4. The van der Waals surface area contributed by atoms with Crippen molar-refractivity contribution in [1.82, 2.24) is 24.9 Å². The summed E-state index contributed by atoms with van der Waals surface area (Å²) >= 11 is 12.5. The van der Waals surface area contributed by atoms with Gasteiger partial charge in [0.2, 0.25) is 0 Å². The standard InChI is InChI=1S/C23H26Cl2N8O2/c24-16-1-3-19(4-2-16)33-15-21(29-30-33)28-23(34)27-17-13-20(25)22(26-14-17)32-7-5-18(6-8-32)31-9-11-35-12-10-31/h1-4,13-15,18H,5-12H2,(H2,27,28,34). The molecule has 12 heteroatoms. The normalized spacial score (nSPS) is 17.4. The van der Waals surface area contributed by atoms with Gasteiger partial charge in [-0.25, -0.2) is 14.5 Å². The quantitative estimate of drug-likeness (QED) is 0.529. The van der Waals surface area contributed by atoms with Gasteiger partial charge in [0.1, 0.15) is 5.82 Å². The van der Waals surface area contributed by atoms with E-state index in [1.54, 1.807) is 47.4 Å². The van der Waals surface area contributed by atoms with Crippen LogP contribution in [0.25, 0.3) is 5.69 Å². The average Bonchev–Trinajstić information content (AvgIpc) is 3.33. The van der Waals surface area contributed by atoms with Crippen LogP contribution in [0, 0.1) is 0 Å². The summed E-state index contributed by atoms with van der Waals surface area (Å²) in [6, 6.07) is 8.95. The van der Waals surface area contributed by atoms with Crippen molar-refractivity contribution in [3.05, 3.63) is 52.8 Å². The Morgan fingerprint density at radius 3 is 2.49 bits per heavy atom. The van der Waals surface area contributed by atoms with E-state index < -0.39 is 6.03 Å². The molecule has 0 radical (unpaired) electrons. The molecule has 2 fully saturated rings. The number of morpholine rings is 1. The molecule has 0 unspecified atom stereocenters. The smallest absolute Gasteiger partial charge is 0.324 e. The van der Waals surface area contributed by atoms with Crippen molar-refractivity contribution in [2.75, 3.05) is 54.9 Å². The van der Waals surface area contributed by atoms with E-state index in [9.17, 15) is 4.79 Å². The highest BCUT2D eigenvalue weighted by molar-refractivity contribution is 6.33. The molecule has 0 spiro atoms. The number of hydrogen-bond acceptors (Lipinski definition) is 7. The van der Waals surface area contributed by atoms with Crippen molar-refractivity contribution in [2.24, 2.45) is 0 Å². The van der Waals surface area contributed by atoms with Crippen molar-refractivity contribution >= 4 is 46.6 Å². The van der Waals surface area contributed by atoms with Gasteiger partial charge >= 0.3 is 6.03 Å². The van der Waals surface area contributed by atoms with E-state index in [-0.39, 0.29) is 0 Å². The molecule has 0 bridgehead atoms. The molecular formula is C23H26Cl2N8O2. The maximum atomic E-state index is 12.4. The highest BCUT2D eigenvalue weighted by atomic mass is 35.5. The minimum absolute atomic E-state index is 0.302. The minimum Gasteiger partial charge on any atom is -0.379 e. The van der Waals surface area contributed by atoms with Crippen LogP contribution in [0.2, 0.25) is 10.0 Å². The number of urea groups is 1. The molecule has 184 valence electrons. The van der Waals surface area contributed by atoms with Gasteiger partial charge in [0.15, 0.2) is 5.82 Å². The number of carbonyl (C=O) groups excluding carboxylic acids is 1. The zero-order valence-corrected chi connectivity index (χ0v) is 20.5. The van der Waals surface area contributed by atoms with Crippen molar-refractivity contribution in [2.45, 2.75) is 18.9 Å². The second-order valence-electron chi connectivity index (χ2n) is 8.50. The predicted molar refractivity (Wildman–Crippen MR) is 136 cm³/mol. The molecule has 2 N–H and O–H groups in total. The van der Waals surface area contributed by atoms with Gasteiger partial charge in [-0.3, -0.25) is 10.2 Å². The number of pyridine rings is 1. The first-order valence-electron chi connectivity index (χ1n) is 11.5. The second-order valence-corrected chi connectivity index (χ2v) is 9.34. The fourth-order valence-corrected chi connectivity index (χ4v) is 4.85. The molecule has 2 aromatic heterocycles. The Balaban J connectivity index is 1.15. The number of nitrogens with zero attached hydrogens (tertiary/aromatic N) is 6. The number of ether oxygens (including phenoxy) is 1. The Morgan fingerprint density at radius 2 is 1.77 bits per heavy atom. The van der Waals surface area contributed by atoms with Gasteiger partial charge in [-0.15, -0.1) is 5.10 Å². The Kier molecular flexibility index (Phi) is 7.33. The first kappa shape index (κ1) is 23.8. The van der Waals surface area contributed by atoms with Crippen LogP contribution in [0.5, 0.6) is 0 Å². The Bertz CT molecular complexity index is 1160. The molecule has 2 amide bonds. The number of carbonyl (C=O) groups is 1. The lowest BCUT2D eigenvalue weighted by Crippen LogP contribution is -2.49. The maximum Gasteiger partial charge on any atom is 0.324 e. The van der Waals surface area contributed by atoms with Gasteiger partial charge in [-0.05, 0) is 43.2 Å². The van der Waals surface area contributed by atoms with Crippen molar-refractivity contribution in [1.29, 1.82) is 0 Å². The van der Waals surface area contributed by atoms with E-state index in [0.717, 1.165) is 63.7 Å². The summed E-state index contributed by atoms with van der Waals surface area (Å²) in [6.07, 6.45) is 5.35. The predicted octanol–water partition coefficient (Wildman–Crippen LogP) is 3.91. The van der Waals surface area contributed by atoms with Gasteiger partial charge in [0, 0.05) is 37.2 Å². The zero-order valence-electron chi connectivity index (χ0n) is 19.0. The first-order chi connectivity index (χ1) is 17.0. The van der Waals surface area contributed by atoms with Crippen LogP contribution in [0.1, 0.15) is 12.8 Å². The summed E-state index contributed by atoms with van der Waals surface area (Å²) in [7, 11) is 0. The van der Waals surface area contributed by atoms with E-state index in [2.05, 4.69) is 35.7 Å². The molecule has 2 aliphatic rings. The average molecular weight is 517 g/mol. The lowest BCUT2D eigenvalue weighted by Gasteiger charge is -2.40. The molecule has 4 heterocycles. The molecule has 2 aliphatic heterocycles. The lowest BCUT2D eigenvalue weighted by molar-refractivity contribution is 0.0115. The van der Waals surface area contributed by atoms with Crippen LogP contribution < -0.4 is 15.5 Å². The first-order valence-corrected chi connectivity index (χ1v) is 12.3. The molecular weight excluding hydrogens is 491 g/mol. The number of hydrogen-bond donors (Lipinski definition) is 2. The van der Waals surface area contributed by atoms with Crippen molar-refractivity contribution in [3.8, 4) is 5.69 Å². The monoisotopic (exact) mass is 516 g/mol. The van der Waals surface area contributed by atoms with E-state index in [1.165, 1.54) is 0 Å². The summed E-state index contributed by atoms with van der Waals surface area (Å²) in [5.74, 6) is 1.04. The Morgan fingerprint density at radius 1 is 1.03 bits per heavy atom. The number of rotatable bonds is 5. The fourth-order valence-electron chi connectivity index (χ4n) is 4.44. The molecule has 0 atom stereocenters. The molecule has 1 aromatic carbocycles. The van der Waals surface area contributed by atoms with E-state index in [4.69, 9.17) is 27.9 Å². The molecule has 35 heavy (non-hydrogen) atoms. The SMILES string of the molecule is O=C(Nc1cnc(N2CCC(N3CCOCC3)CC2)c(Cl)c1)Nc1cn(-c2ccc(Cl)cc2)nn1. The van der Waals surface area contributed by atoms with Gasteiger partial charge in [-0.1, -0.05) is 28.4 Å². The lowest BCUT2D eigenvalue weighted by atomic mass is 10.0. The van der Waals surface area contributed by atoms with Crippen LogP contribution in [-0.2, 0) is 4.74 Å². The minimum atomic E-state index is -0.468. The van der Waals surface area contributed by atoms with Crippen LogP contribution in [-0.4, -0.2) is 76.3 Å². The molecule has 0 aliphatic carbocycles. The third kappa shape index (κ3) is 5.84. The summed E-state index contributed by atoms with van der Waals surface area (Å²) in [4.78, 5) is 21.7. The van der Waals surface area contributed by atoms with Gasteiger partial charge < -0.3 is 15.0 Å². The topological polar surface area (TPSA) is 100 Å². The number of benzene rings is 1. The van der Waals surface area contributed by atoms with Crippen LogP contribution in [0.3, 0.4) is 0 Å². The van der Waals surface area contributed by atoms with Crippen LogP contribution in [0.15, 0.2) is 42.7 Å². The number of piperidine rings is 1. The number of nitrogens with one attached hydrogen (secondary N) is 2. The Labute approximate surface area is 213 Å². The molecule has 2 saturated heterocycles. The number of halogens is 2. The van der Waals surface area contributed by atoms with Crippen molar-refractivity contribution in [3.63, 3.8) is 0 Å². The third-order valence-electron chi connectivity index (χ3n) is 6.23. The van der Waals surface area contributed by atoms with Crippen LogP contribution >= 0.6 is 23.2 Å². The fraction of sp³-hybridized carbons (Fsp3) is 0.391. The molecule has 3 aromatic rings. The Hall–Kier alpha value is -2.92. The summed E-state index contributed by atoms with van der Waals surface area (Å²) in [6.45, 7) is 5.43. The third-order valence-corrected chi connectivity index (χ3v) is 6.76. The van der Waals surface area contributed by atoms with Crippen LogP contribution in [0.4, 0.5) is 22.1 Å². The van der Waals surface area contributed by atoms with Gasteiger partial charge in [-0.2, -0.15) is 0 Å². The summed E-state index contributed by atoms with van der Waals surface area (Å²) < 4.78 is 7.01. The molecule has 10 nitrogen and oxygen atoms in total. The largest absolute Gasteiger partial charge is 0.379 e. The zero-order chi connectivity index (χ0) is 24.2. The molecule has 5 rings (SSSR count). The van der Waals surface area contributed by atoms with E-state index in [1.807, 2.05) is 0 Å². The number of anilines is 3. The highest BCUT2D eigenvalue weighted by Crippen LogP contribution is 2.29. The van der Waals surface area contributed by atoms with E-state index in [0.29, 0.717) is 27.6 Å². The van der Waals surface area contributed by atoms with Gasteiger partial charge in [0.25, 0.3) is 0 Å². The van der Waals surface area contributed by atoms with Gasteiger partial charge in [0.05, 0.1) is 42.0 Å². The summed E-state index contributed by atoms with van der Waals surface area (Å²) in [5.41, 5.74) is 1.26. The number of amides is 2. The second kappa shape index (κ2) is 10.8. The van der Waals surface area contributed by atoms with Crippen molar-refractivity contribution < 1.29 is 9.53 Å².